The molecule has 1 aromatic heterocycles. The first-order valence-electron chi connectivity index (χ1n) is 10.1. The molecule has 0 aliphatic carbocycles. The summed E-state index contributed by atoms with van der Waals surface area (Å²) >= 11 is 1.41. The molecule has 1 N–H and O–H groups in total. The fourth-order valence-corrected chi connectivity index (χ4v) is 5.48. The van der Waals surface area contributed by atoms with Crippen molar-refractivity contribution in [2.45, 2.75) is 25.3 Å². The number of rotatable bonds is 5. The summed E-state index contributed by atoms with van der Waals surface area (Å²) < 4.78 is 30.3. The number of amides is 1. The van der Waals surface area contributed by atoms with E-state index in [9.17, 15) is 13.2 Å². The summed E-state index contributed by atoms with van der Waals surface area (Å²) in [5.74, 6) is 2.19. The SMILES string of the molecule is C#CCn1c(=NC(=O)c2ccc(NS(=O)(=O)c3ccccc3)cc2)sc2cc(C)c(C)cc21. The molecule has 8 heteroatoms. The minimum Gasteiger partial charge on any atom is -0.305 e. The minimum absolute atomic E-state index is 0.161. The minimum atomic E-state index is -3.71. The van der Waals surface area contributed by atoms with Crippen LogP contribution in [-0.2, 0) is 16.6 Å². The normalized spacial score (nSPS) is 12.0. The van der Waals surface area contributed by atoms with Crippen molar-refractivity contribution in [2.24, 2.45) is 4.99 Å². The zero-order valence-electron chi connectivity index (χ0n) is 18.1. The number of fused-ring (bicyclic) bond motifs is 1. The first-order chi connectivity index (χ1) is 15.8. The number of sulfonamides is 1. The third-order valence-corrected chi connectivity index (χ3v) is 7.62. The number of nitrogens with one attached hydrogen (secondary N) is 1. The zero-order chi connectivity index (χ0) is 23.6. The molecule has 0 aliphatic rings. The third kappa shape index (κ3) is 4.75. The van der Waals surface area contributed by atoms with Gasteiger partial charge in [0.2, 0.25) is 0 Å². The number of carbonyl (C=O) groups excluding carboxylic acids is 1. The number of anilines is 1. The molecule has 6 nitrogen and oxygen atoms in total. The predicted molar refractivity (Wildman–Crippen MR) is 132 cm³/mol. The highest BCUT2D eigenvalue weighted by Gasteiger charge is 2.14. The largest absolute Gasteiger partial charge is 0.305 e. The van der Waals surface area contributed by atoms with Gasteiger partial charge in [0.25, 0.3) is 15.9 Å². The molecule has 0 aliphatic heterocycles. The Hall–Kier alpha value is -3.67. The number of aromatic nitrogens is 1. The lowest BCUT2D eigenvalue weighted by Crippen LogP contribution is -2.16. The van der Waals surface area contributed by atoms with E-state index in [1.54, 1.807) is 30.3 Å². The first-order valence-corrected chi connectivity index (χ1v) is 12.4. The number of terminal acetylenes is 1. The third-order valence-electron chi connectivity index (χ3n) is 5.18. The second-order valence-electron chi connectivity index (χ2n) is 7.49. The summed E-state index contributed by atoms with van der Waals surface area (Å²) in [6, 6.07) is 18.4. The van der Waals surface area contributed by atoms with E-state index in [-0.39, 0.29) is 4.90 Å². The standard InChI is InChI=1S/C25H21N3O3S2/c1-4-14-28-22-15-17(2)18(3)16-23(22)32-25(28)26-24(29)19-10-12-20(13-11-19)27-33(30,31)21-8-6-5-7-9-21/h1,5-13,15-16,27H,14H2,2-3H3. The Morgan fingerprint density at radius 3 is 2.39 bits per heavy atom. The van der Waals surface area contributed by atoms with Crippen LogP contribution in [0.25, 0.3) is 10.2 Å². The topological polar surface area (TPSA) is 80.5 Å². The van der Waals surface area contributed by atoms with Crippen LogP contribution in [0, 0.1) is 26.2 Å². The second-order valence-corrected chi connectivity index (χ2v) is 10.2. The van der Waals surface area contributed by atoms with Crippen LogP contribution in [0.5, 0.6) is 0 Å². The Morgan fingerprint density at radius 2 is 1.73 bits per heavy atom. The molecule has 1 amide bonds. The van der Waals surface area contributed by atoms with E-state index >= 15 is 0 Å². The van der Waals surface area contributed by atoms with Gasteiger partial charge in [-0.15, -0.1) is 6.42 Å². The van der Waals surface area contributed by atoms with E-state index in [4.69, 9.17) is 6.42 Å². The van der Waals surface area contributed by atoms with Gasteiger partial charge in [-0.1, -0.05) is 35.5 Å². The smallest absolute Gasteiger partial charge is 0.279 e. The Labute approximate surface area is 196 Å². The summed E-state index contributed by atoms with van der Waals surface area (Å²) in [6.07, 6.45) is 5.55. The van der Waals surface area contributed by atoms with E-state index in [1.807, 2.05) is 18.4 Å². The van der Waals surface area contributed by atoms with E-state index in [1.165, 1.54) is 35.6 Å². The molecule has 0 radical (unpaired) electrons. The lowest BCUT2D eigenvalue weighted by Gasteiger charge is -2.08. The predicted octanol–water partition coefficient (Wildman–Crippen LogP) is 4.49. The van der Waals surface area contributed by atoms with Crippen molar-refractivity contribution in [1.29, 1.82) is 0 Å². The molecule has 4 rings (SSSR count). The van der Waals surface area contributed by atoms with Gasteiger partial charge in [0.05, 0.1) is 21.7 Å². The zero-order valence-corrected chi connectivity index (χ0v) is 19.7. The lowest BCUT2D eigenvalue weighted by atomic mass is 10.1. The first kappa shape index (κ1) is 22.5. The molecule has 0 atom stereocenters. The fourth-order valence-electron chi connectivity index (χ4n) is 3.30. The summed E-state index contributed by atoms with van der Waals surface area (Å²) in [6.45, 7) is 4.37. The molecule has 4 aromatic rings. The molecule has 0 fully saturated rings. The maximum atomic E-state index is 12.8. The van der Waals surface area contributed by atoms with Gasteiger partial charge in [-0.05, 0) is 73.5 Å². The molecule has 0 bridgehead atoms. The maximum Gasteiger partial charge on any atom is 0.279 e. The molecular formula is C25H21N3O3S2. The monoisotopic (exact) mass is 475 g/mol. The molecule has 0 saturated carbocycles. The lowest BCUT2D eigenvalue weighted by molar-refractivity contribution is 0.0998. The van der Waals surface area contributed by atoms with Crippen molar-refractivity contribution < 1.29 is 13.2 Å². The van der Waals surface area contributed by atoms with Gasteiger partial charge in [0, 0.05) is 11.3 Å². The number of hydrogen-bond acceptors (Lipinski definition) is 4. The van der Waals surface area contributed by atoms with Crippen LogP contribution in [-0.4, -0.2) is 18.9 Å². The van der Waals surface area contributed by atoms with Crippen LogP contribution in [0.3, 0.4) is 0 Å². The summed E-state index contributed by atoms with van der Waals surface area (Å²) in [4.78, 5) is 17.8. The van der Waals surface area contributed by atoms with Crippen LogP contribution >= 0.6 is 11.3 Å². The van der Waals surface area contributed by atoms with Gasteiger partial charge in [-0.25, -0.2) is 8.42 Å². The highest BCUT2D eigenvalue weighted by molar-refractivity contribution is 7.92. The van der Waals surface area contributed by atoms with Gasteiger partial charge in [-0.2, -0.15) is 4.99 Å². The van der Waals surface area contributed by atoms with Gasteiger partial charge >= 0.3 is 0 Å². The Kier molecular flexibility index (Phi) is 6.18. The second kappa shape index (κ2) is 9.06. The van der Waals surface area contributed by atoms with Crippen LogP contribution in [0.1, 0.15) is 21.5 Å². The van der Waals surface area contributed by atoms with E-state index < -0.39 is 15.9 Å². The van der Waals surface area contributed by atoms with Crippen molar-refractivity contribution in [2.75, 3.05) is 4.72 Å². The van der Waals surface area contributed by atoms with Crippen molar-refractivity contribution in [3.05, 3.63) is 88.2 Å². The number of nitrogens with zero attached hydrogens (tertiary/aromatic N) is 2. The molecule has 166 valence electrons. The summed E-state index contributed by atoms with van der Waals surface area (Å²) in [5, 5.41) is 0. The van der Waals surface area contributed by atoms with E-state index in [2.05, 4.69) is 27.8 Å². The number of aryl methyl sites for hydroxylation is 2. The molecular weight excluding hydrogens is 454 g/mol. The van der Waals surface area contributed by atoms with Crippen molar-refractivity contribution in [3.63, 3.8) is 0 Å². The molecule has 0 unspecified atom stereocenters. The highest BCUT2D eigenvalue weighted by atomic mass is 32.2. The van der Waals surface area contributed by atoms with Crippen LogP contribution in [0.15, 0.2) is 76.6 Å². The van der Waals surface area contributed by atoms with Gasteiger partial charge in [-0.3, -0.25) is 9.52 Å². The highest BCUT2D eigenvalue weighted by Crippen LogP contribution is 2.22. The maximum absolute atomic E-state index is 12.8. The van der Waals surface area contributed by atoms with Crippen LogP contribution in [0.4, 0.5) is 5.69 Å². The quantitative estimate of drug-likeness (QED) is 0.432. The molecule has 3 aromatic carbocycles. The van der Waals surface area contributed by atoms with E-state index in [0.29, 0.717) is 22.6 Å². The average Bonchev–Trinajstić information content (AvgIpc) is 3.11. The van der Waals surface area contributed by atoms with Gasteiger partial charge < -0.3 is 4.57 Å². The number of carbonyl (C=O) groups is 1. The van der Waals surface area contributed by atoms with Crippen molar-refractivity contribution in [3.8, 4) is 12.3 Å². The Balaban J connectivity index is 1.64. The van der Waals surface area contributed by atoms with Gasteiger partial charge in [0.1, 0.15) is 0 Å². The fraction of sp³-hybridized carbons (Fsp3) is 0.120. The number of hydrogen-bond donors (Lipinski definition) is 1. The Bertz CT molecular complexity index is 1560. The molecule has 1 heterocycles. The Morgan fingerprint density at radius 1 is 1.06 bits per heavy atom. The van der Waals surface area contributed by atoms with Crippen molar-refractivity contribution >= 4 is 43.2 Å². The van der Waals surface area contributed by atoms with E-state index in [0.717, 1.165) is 21.3 Å². The number of benzene rings is 3. The van der Waals surface area contributed by atoms with Crippen LogP contribution < -0.4 is 9.52 Å². The number of thiazole rings is 1. The van der Waals surface area contributed by atoms with Gasteiger partial charge in [0.15, 0.2) is 4.80 Å². The van der Waals surface area contributed by atoms with Crippen LogP contribution in [0.2, 0.25) is 0 Å². The average molecular weight is 476 g/mol. The summed E-state index contributed by atoms with van der Waals surface area (Å²) in [5.41, 5.74) is 3.93. The summed E-state index contributed by atoms with van der Waals surface area (Å²) in [7, 11) is -3.71. The van der Waals surface area contributed by atoms with Crippen molar-refractivity contribution in [1.82, 2.24) is 4.57 Å². The molecule has 0 spiro atoms. The molecule has 33 heavy (non-hydrogen) atoms. The molecule has 0 saturated heterocycles.